The van der Waals surface area contributed by atoms with Crippen LogP contribution in [-0.4, -0.2) is 69.2 Å². The number of para-hydroxylation sites is 1. The third kappa shape index (κ3) is 8.31. The minimum absolute atomic E-state index is 0.0668. The SMILES string of the molecule is CCOc1ccc(NCCCNCCC(=O)N(C)C2CN=C(Nc3ccccc3)NC2)cc1. The van der Waals surface area contributed by atoms with Gasteiger partial charge in [-0.05, 0) is 56.3 Å². The van der Waals surface area contributed by atoms with Crippen LogP contribution in [0.1, 0.15) is 19.8 Å². The number of ether oxygens (including phenoxy) is 1. The van der Waals surface area contributed by atoms with E-state index in [1.165, 1.54) is 0 Å². The second kappa shape index (κ2) is 13.3. The Hall–Kier alpha value is -3.26. The molecule has 1 atom stereocenters. The standard InChI is InChI=1S/C25H36N6O2/c1-3-33-23-12-10-20(11-13-23)27-16-7-15-26-17-14-24(32)31(2)22-18-28-25(29-19-22)30-21-8-5-4-6-9-21/h4-6,8-13,22,26-27H,3,7,14-19H2,1-2H3,(H2,28,29,30). The van der Waals surface area contributed by atoms with Crippen LogP contribution in [0, 0.1) is 0 Å². The highest BCUT2D eigenvalue weighted by Crippen LogP contribution is 2.15. The number of anilines is 2. The third-order valence-electron chi connectivity index (χ3n) is 5.48. The molecule has 0 fully saturated rings. The van der Waals surface area contributed by atoms with Crippen molar-refractivity contribution in [2.24, 2.45) is 4.99 Å². The number of nitrogens with one attached hydrogen (secondary N) is 4. The number of likely N-dealkylation sites (N-methyl/N-ethyl adjacent to an activating group) is 1. The summed E-state index contributed by atoms with van der Waals surface area (Å²) >= 11 is 0. The van der Waals surface area contributed by atoms with E-state index in [0.717, 1.165) is 42.6 Å². The molecule has 33 heavy (non-hydrogen) atoms. The van der Waals surface area contributed by atoms with Crippen LogP contribution >= 0.6 is 0 Å². The zero-order chi connectivity index (χ0) is 23.3. The number of rotatable bonds is 12. The molecule has 8 heteroatoms. The Balaban J connectivity index is 1.25. The van der Waals surface area contributed by atoms with Gasteiger partial charge in [0, 0.05) is 44.5 Å². The van der Waals surface area contributed by atoms with E-state index < -0.39 is 0 Å². The molecule has 3 rings (SSSR count). The van der Waals surface area contributed by atoms with E-state index in [0.29, 0.717) is 32.7 Å². The predicted octanol–water partition coefficient (Wildman–Crippen LogP) is 2.77. The first-order valence-electron chi connectivity index (χ1n) is 11.7. The van der Waals surface area contributed by atoms with E-state index in [4.69, 9.17) is 4.74 Å². The quantitative estimate of drug-likeness (QED) is 0.370. The van der Waals surface area contributed by atoms with E-state index in [1.807, 2.05) is 73.5 Å². The zero-order valence-corrected chi connectivity index (χ0v) is 19.6. The van der Waals surface area contributed by atoms with Crippen LogP contribution in [0.5, 0.6) is 5.75 Å². The molecular formula is C25H36N6O2. The monoisotopic (exact) mass is 452 g/mol. The molecule has 1 aliphatic heterocycles. The van der Waals surface area contributed by atoms with Crippen molar-refractivity contribution in [3.05, 3.63) is 54.6 Å². The molecule has 0 radical (unpaired) electrons. The minimum Gasteiger partial charge on any atom is -0.494 e. The van der Waals surface area contributed by atoms with Crippen LogP contribution < -0.4 is 26.0 Å². The van der Waals surface area contributed by atoms with Gasteiger partial charge in [-0.3, -0.25) is 9.79 Å². The fourth-order valence-electron chi connectivity index (χ4n) is 3.52. The molecule has 1 heterocycles. The van der Waals surface area contributed by atoms with Gasteiger partial charge in [-0.1, -0.05) is 18.2 Å². The molecule has 8 nitrogen and oxygen atoms in total. The summed E-state index contributed by atoms with van der Waals surface area (Å²) in [5.41, 5.74) is 2.08. The summed E-state index contributed by atoms with van der Waals surface area (Å²) in [6, 6.07) is 18.0. The second-order valence-corrected chi connectivity index (χ2v) is 7.96. The van der Waals surface area contributed by atoms with E-state index in [9.17, 15) is 4.79 Å². The van der Waals surface area contributed by atoms with Crippen LogP contribution in [0.25, 0.3) is 0 Å². The Morgan fingerprint density at radius 3 is 2.58 bits per heavy atom. The van der Waals surface area contributed by atoms with Gasteiger partial charge in [0.1, 0.15) is 5.75 Å². The summed E-state index contributed by atoms with van der Waals surface area (Å²) in [7, 11) is 1.86. The normalized spacial score (nSPS) is 15.2. The predicted molar refractivity (Wildman–Crippen MR) is 135 cm³/mol. The topological polar surface area (TPSA) is 90.0 Å². The Labute approximate surface area is 196 Å². The first kappa shape index (κ1) is 24.4. The number of guanidine groups is 1. The maximum Gasteiger partial charge on any atom is 0.223 e. The lowest BCUT2D eigenvalue weighted by Crippen LogP contribution is -2.51. The van der Waals surface area contributed by atoms with Gasteiger partial charge in [0.25, 0.3) is 0 Å². The summed E-state index contributed by atoms with van der Waals surface area (Å²) in [4.78, 5) is 18.9. The summed E-state index contributed by atoms with van der Waals surface area (Å²) in [6.07, 6.45) is 1.47. The fraction of sp³-hybridized carbons (Fsp3) is 0.440. The molecule has 1 unspecified atom stereocenters. The van der Waals surface area contributed by atoms with Crippen molar-refractivity contribution in [2.75, 3.05) is 57.0 Å². The number of aliphatic imine (C=N–C) groups is 1. The van der Waals surface area contributed by atoms with Crippen molar-refractivity contribution < 1.29 is 9.53 Å². The molecule has 0 aromatic heterocycles. The lowest BCUT2D eigenvalue weighted by Gasteiger charge is -2.31. The molecule has 4 N–H and O–H groups in total. The van der Waals surface area contributed by atoms with Crippen molar-refractivity contribution in [3.63, 3.8) is 0 Å². The molecule has 0 bridgehead atoms. The third-order valence-corrected chi connectivity index (χ3v) is 5.48. The molecule has 1 aliphatic rings. The molecule has 178 valence electrons. The Bertz CT molecular complexity index is 872. The highest BCUT2D eigenvalue weighted by atomic mass is 16.5. The van der Waals surface area contributed by atoms with Gasteiger partial charge >= 0.3 is 0 Å². The highest BCUT2D eigenvalue weighted by Gasteiger charge is 2.22. The van der Waals surface area contributed by atoms with E-state index >= 15 is 0 Å². The zero-order valence-electron chi connectivity index (χ0n) is 19.6. The number of hydrogen-bond donors (Lipinski definition) is 4. The number of hydrogen-bond acceptors (Lipinski definition) is 7. The second-order valence-electron chi connectivity index (χ2n) is 7.96. The van der Waals surface area contributed by atoms with E-state index in [-0.39, 0.29) is 11.9 Å². The first-order chi connectivity index (χ1) is 16.2. The average Bonchev–Trinajstić information content (AvgIpc) is 2.85. The van der Waals surface area contributed by atoms with E-state index in [2.05, 4.69) is 26.3 Å². The summed E-state index contributed by atoms with van der Waals surface area (Å²) in [5, 5.41) is 13.3. The number of carbonyl (C=O) groups excluding carboxylic acids is 1. The Morgan fingerprint density at radius 1 is 1.09 bits per heavy atom. The van der Waals surface area contributed by atoms with Crippen LogP contribution in [0.15, 0.2) is 59.6 Å². The van der Waals surface area contributed by atoms with Gasteiger partial charge in [0.05, 0.1) is 19.2 Å². The van der Waals surface area contributed by atoms with Gasteiger partial charge in [-0.25, -0.2) is 0 Å². The molecule has 0 saturated carbocycles. The number of benzene rings is 2. The maximum atomic E-state index is 12.5. The van der Waals surface area contributed by atoms with Crippen molar-refractivity contribution in [1.82, 2.24) is 15.5 Å². The smallest absolute Gasteiger partial charge is 0.223 e. The summed E-state index contributed by atoms with van der Waals surface area (Å²) in [6.45, 7) is 6.35. The summed E-state index contributed by atoms with van der Waals surface area (Å²) < 4.78 is 5.45. The van der Waals surface area contributed by atoms with Gasteiger partial charge in [0.15, 0.2) is 5.96 Å². The largest absolute Gasteiger partial charge is 0.494 e. The van der Waals surface area contributed by atoms with E-state index in [1.54, 1.807) is 0 Å². The van der Waals surface area contributed by atoms with Crippen LogP contribution in [0.2, 0.25) is 0 Å². The minimum atomic E-state index is 0.0668. The van der Waals surface area contributed by atoms with Crippen molar-refractivity contribution in [3.8, 4) is 5.75 Å². The first-order valence-corrected chi connectivity index (χ1v) is 11.7. The molecule has 0 spiro atoms. The molecule has 2 aromatic rings. The average molecular weight is 453 g/mol. The lowest BCUT2D eigenvalue weighted by atomic mass is 10.2. The highest BCUT2D eigenvalue weighted by molar-refractivity contribution is 5.94. The van der Waals surface area contributed by atoms with Crippen molar-refractivity contribution >= 4 is 23.2 Å². The van der Waals surface area contributed by atoms with Crippen molar-refractivity contribution in [1.29, 1.82) is 0 Å². The maximum absolute atomic E-state index is 12.5. The van der Waals surface area contributed by atoms with Crippen LogP contribution in [-0.2, 0) is 4.79 Å². The van der Waals surface area contributed by atoms with Gasteiger partial charge < -0.3 is 30.9 Å². The molecule has 1 amide bonds. The molecule has 2 aromatic carbocycles. The van der Waals surface area contributed by atoms with Crippen LogP contribution in [0.3, 0.4) is 0 Å². The summed E-state index contributed by atoms with van der Waals surface area (Å²) in [5.74, 6) is 1.77. The van der Waals surface area contributed by atoms with Gasteiger partial charge in [0.2, 0.25) is 5.91 Å². The Kier molecular flexibility index (Phi) is 9.85. The number of amides is 1. The van der Waals surface area contributed by atoms with Crippen LogP contribution in [0.4, 0.5) is 11.4 Å². The lowest BCUT2D eigenvalue weighted by molar-refractivity contribution is -0.131. The van der Waals surface area contributed by atoms with Gasteiger partial charge in [-0.15, -0.1) is 0 Å². The molecule has 0 saturated heterocycles. The Morgan fingerprint density at radius 2 is 1.88 bits per heavy atom. The number of nitrogens with zero attached hydrogens (tertiary/aromatic N) is 2. The number of carbonyl (C=O) groups is 1. The molecule has 0 aliphatic carbocycles. The fourth-order valence-corrected chi connectivity index (χ4v) is 3.52. The van der Waals surface area contributed by atoms with Gasteiger partial charge in [-0.2, -0.15) is 0 Å². The molecular weight excluding hydrogens is 416 g/mol. The van der Waals surface area contributed by atoms with Crippen molar-refractivity contribution in [2.45, 2.75) is 25.8 Å².